The Morgan fingerprint density at radius 1 is 1.12 bits per heavy atom. The first kappa shape index (κ1) is 22.0. The van der Waals surface area contributed by atoms with Crippen molar-refractivity contribution in [1.82, 2.24) is 14.1 Å². The van der Waals surface area contributed by atoms with Gasteiger partial charge in [0.25, 0.3) is 5.56 Å². The number of nitrogens with zero attached hydrogens (tertiary/aromatic N) is 4. The van der Waals surface area contributed by atoms with Gasteiger partial charge in [-0.3, -0.25) is 9.59 Å². The Bertz CT molecular complexity index is 1410. The van der Waals surface area contributed by atoms with E-state index >= 15 is 0 Å². The van der Waals surface area contributed by atoms with Gasteiger partial charge in [0.15, 0.2) is 0 Å². The molecule has 0 amide bonds. The number of aromatic nitrogens is 3. The highest BCUT2D eigenvalue weighted by molar-refractivity contribution is 5.76. The molecule has 0 saturated heterocycles. The minimum absolute atomic E-state index is 0.357. The topological polar surface area (TPSA) is 101 Å². The van der Waals surface area contributed by atoms with Gasteiger partial charge in [-0.2, -0.15) is 5.26 Å². The molecule has 4 rings (SSSR count). The predicted molar refractivity (Wildman–Crippen MR) is 126 cm³/mol. The molecular weight excluding hydrogens is 416 g/mol. The summed E-state index contributed by atoms with van der Waals surface area (Å²) in [6, 6.07) is 19.3. The number of carboxylic acids is 1. The molecule has 0 aliphatic carbocycles. The van der Waals surface area contributed by atoms with Crippen LogP contribution in [0.25, 0.3) is 22.2 Å². The van der Waals surface area contributed by atoms with Gasteiger partial charge in [-0.15, -0.1) is 0 Å². The molecule has 2 heterocycles. The average molecular weight is 441 g/mol. The molecule has 1 N–H and O–H groups in total. The molecular formula is C26H24N4O3. The van der Waals surface area contributed by atoms with E-state index < -0.39 is 12.5 Å². The molecule has 2 aromatic carbocycles. The Balaban J connectivity index is 1.74. The molecule has 0 fully saturated rings. The maximum absolute atomic E-state index is 13.1. The Morgan fingerprint density at radius 3 is 2.58 bits per heavy atom. The molecule has 0 saturated carbocycles. The molecule has 0 unspecified atom stereocenters. The summed E-state index contributed by atoms with van der Waals surface area (Å²) in [5, 5.41) is 18.5. The second kappa shape index (κ2) is 9.53. The number of hydrogen-bond acceptors (Lipinski definition) is 4. The summed E-state index contributed by atoms with van der Waals surface area (Å²) < 4.78 is 3.11. The number of pyridine rings is 1. The number of nitriles is 1. The number of imidazole rings is 1. The summed E-state index contributed by atoms with van der Waals surface area (Å²) in [4.78, 5) is 28.9. The molecule has 0 bridgehead atoms. The van der Waals surface area contributed by atoms with Crippen molar-refractivity contribution in [2.75, 3.05) is 0 Å². The number of fused-ring (bicyclic) bond motifs is 1. The van der Waals surface area contributed by atoms with E-state index in [1.54, 1.807) is 12.1 Å². The molecule has 0 atom stereocenters. The van der Waals surface area contributed by atoms with Crippen LogP contribution in [0.4, 0.5) is 0 Å². The van der Waals surface area contributed by atoms with Gasteiger partial charge in [0, 0.05) is 19.2 Å². The van der Waals surface area contributed by atoms with E-state index in [9.17, 15) is 14.9 Å². The number of carbonyl (C=O) groups is 1. The first-order valence-electron chi connectivity index (χ1n) is 10.9. The lowest BCUT2D eigenvalue weighted by Gasteiger charge is -2.11. The fourth-order valence-corrected chi connectivity index (χ4v) is 4.00. The van der Waals surface area contributed by atoms with Crippen LogP contribution in [0.2, 0.25) is 0 Å². The van der Waals surface area contributed by atoms with E-state index in [-0.39, 0.29) is 5.56 Å². The van der Waals surface area contributed by atoms with Gasteiger partial charge in [0.2, 0.25) is 0 Å². The standard InChI is InChI=1S/C26H24N4O3/c1-2-3-8-23-28-22-13-14-29(17-24(31)32)26(33)25(22)30(23)16-18-9-11-19(12-10-18)21-7-5-4-6-20(21)15-27/h4-7,9-14H,2-3,8,16-17H2,1H3,(H,31,32). The molecule has 4 aromatic rings. The zero-order chi connectivity index (χ0) is 23.4. The third-order valence-corrected chi connectivity index (χ3v) is 5.66. The van der Waals surface area contributed by atoms with Gasteiger partial charge in [0.1, 0.15) is 17.9 Å². The van der Waals surface area contributed by atoms with Crippen molar-refractivity contribution >= 4 is 17.0 Å². The number of aryl methyl sites for hydroxylation is 1. The highest BCUT2D eigenvalue weighted by atomic mass is 16.4. The molecule has 2 aromatic heterocycles. The highest BCUT2D eigenvalue weighted by Gasteiger charge is 2.16. The van der Waals surface area contributed by atoms with Crippen LogP contribution < -0.4 is 5.56 Å². The van der Waals surface area contributed by atoms with Crippen LogP contribution in [0, 0.1) is 11.3 Å². The molecule has 33 heavy (non-hydrogen) atoms. The van der Waals surface area contributed by atoms with Crippen molar-refractivity contribution < 1.29 is 9.90 Å². The van der Waals surface area contributed by atoms with Gasteiger partial charge >= 0.3 is 5.97 Å². The second-order valence-corrected chi connectivity index (χ2v) is 7.95. The van der Waals surface area contributed by atoms with E-state index in [1.165, 1.54) is 10.8 Å². The lowest BCUT2D eigenvalue weighted by atomic mass is 9.99. The minimum Gasteiger partial charge on any atom is -0.480 e. The van der Waals surface area contributed by atoms with Crippen molar-refractivity contribution in [3.8, 4) is 17.2 Å². The first-order valence-corrected chi connectivity index (χ1v) is 10.9. The molecule has 7 nitrogen and oxygen atoms in total. The monoisotopic (exact) mass is 440 g/mol. The summed E-state index contributed by atoms with van der Waals surface area (Å²) in [6.45, 7) is 2.16. The molecule has 0 spiro atoms. The third kappa shape index (κ3) is 4.55. The molecule has 0 aliphatic heterocycles. The van der Waals surface area contributed by atoms with Crippen molar-refractivity contribution in [3.05, 3.63) is 88.1 Å². The van der Waals surface area contributed by atoms with Crippen LogP contribution in [0.15, 0.2) is 65.6 Å². The first-order chi connectivity index (χ1) is 16.0. The Labute approximate surface area is 191 Å². The lowest BCUT2D eigenvalue weighted by molar-refractivity contribution is -0.137. The van der Waals surface area contributed by atoms with E-state index in [1.807, 2.05) is 47.0 Å². The molecule has 7 heteroatoms. The van der Waals surface area contributed by atoms with E-state index in [0.29, 0.717) is 23.1 Å². The quantitative estimate of drug-likeness (QED) is 0.442. The maximum Gasteiger partial charge on any atom is 0.323 e. The number of carboxylic acid groups (broad SMARTS) is 1. The van der Waals surface area contributed by atoms with Gasteiger partial charge in [-0.25, -0.2) is 4.98 Å². The van der Waals surface area contributed by atoms with Crippen molar-refractivity contribution in [2.45, 2.75) is 39.3 Å². The van der Waals surface area contributed by atoms with Crippen molar-refractivity contribution in [2.24, 2.45) is 0 Å². The number of benzene rings is 2. The van der Waals surface area contributed by atoms with Crippen LogP contribution in [-0.4, -0.2) is 25.2 Å². The van der Waals surface area contributed by atoms with Crippen LogP contribution in [0.5, 0.6) is 0 Å². The fraction of sp³-hybridized carbons (Fsp3) is 0.231. The van der Waals surface area contributed by atoms with Crippen LogP contribution in [0.3, 0.4) is 0 Å². The number of aliphatic carboxylic acids is 1. The summed E-state index contributed by atoms with van der Waals surface area (Å²) in [5.41, 5.74) is 4.06. The molecule has 0 aliphatic rings. The third-order valence-electron chi connectivity index (χ3n) is 5.66. The Morgan fingerprint density at radius 2 is 1.88 bits per heavy atom. The number of hydrogen-bond donors (Lipinski definition) is 1. The second-order valence-electron chi connectivity index (χ2n) is 7.95. The van der Waals surface area contributed by atoms with Crippen molar-refractivity contribution in [3.63, 3.8) is 0 Å². The maximum atomic E-state index is 13.1. The molecule has 0 radical (unpaired) electrons. The Hall–Kier alpha value is -4.18. The summed E-state index contributed by atoms with van der Waals surface area (Å²) in [7, 11) is 0. The predicted octanol–water partition coefficient (Wildman–Crippen LogP) is 4.21. The minimum atomic E-state index is -1.07. The molecule has 166 valence electrons. The summed E-state index contributed by atoms with van der Waals surface area (Å²) >= 11 is 0. The zero-order valence-electron chi connectivity index (χ0n) is 18.4. The summed E-state index contributed by atoms with van der Waals surface area (Å²) in [5.74, 6) is -0.252. The average Bonchev–Trinajstić information content (AvgIpc) is 3.17. The van der Waals surface area contributed by atoms with E-state index in [0.717, 1.165) is 41.8 Å². The van der Waals surface area contributed by atoms with Gasteiger partial charge in [-0.05, 0) is 35.2 Å². The van der Waals surface area contributed by atoms with E-state index in [2.05, 4.69) is 18.0 Å². The number of unbranched alkanes of at least 4 members (excludes halogenated alkanes) is 1. The smallest absolute Gasteiger partial charge is 0.323 e. The van der Waals surface area contributed by atoms with Gasteiger partial charge in [-0.1, -0.05) is 55.8 Å². The fourth-order valence-electron chi connectivity index (χ4n) is 4.00. The Kier molecular flexibility index (Phi) is 6.36. The highest BCUT2D eigenvalue weighted by Crippen LogP contribution is 2.24. The normalized spacial score (nSPS) is 10.9. The van der Waals surface area contributed by atoms with Crippen LogP contribution in [-0.2, 0) is 24.3 Å². The van der Waals surface area contributed by atoms with Gasteiger partial charge < -0.3 is 14.2 Å². The van der Waals surface area contributed by atoms with E-state index in [4.69, 9.17) is 5.11 Å². The largest absolute Gasteiger partial charge is 0.480 e. The zero-order valence-corrected chi connectivity index (χ0v) is 18.4. The summed E-state index contributed by atoms with van der Waals surface area (Å²) in [6.07, 6.45) is 4.16. The number of rotatable bonds is 8. The van der Waals surface area contributed by atoms with Crippen LogP contribution >= 0.6 is 0 Å². The lowest BCUT2D eigenvalue weighted by Crippen LogP contribution is -2.25. The SMILES string of the molecule is CCCCc1nc2ccn(CC(=O)O)c(=O)c2n1Cc1ccc(-c2ccccc2C#N)cc1. The van der Waals surface area contributed by atoms with Crippen LogP contribution in [0.1, 0.15) is 36.7 Å². The van der Waals surface area contributed by atoms with Crippen molar-refractivity contribution in [1.29, 1.82) is 5.26 Å². The van der Waals surface area contributed by atoms with Gasteiger partial charge in [0.05, 0.1) is 17.1 Å².